The minimum atomic E-state index is -0.863. The Morgan fingerprint density at radius 2 is 1.77 bits per heavy atom. The normalized spacial score (nSPS) is 27.2. The van der Waals surface area contributed by atoms with Crippen molar-refractivity contribution < 1.29 is 23.9 Å². The molecule has 1 fully saturated rings. The number of hydrogen-bond acceptors (Lipinski definition) is 7. The average molecular weight is 550 g/mol. The summed E-state index contributed by atoms with van der Waals surface area (Å²) in [6, 6.07) is 5.43. The first kappa shape index (κ1) is 29.2. The van der Waals surface area contributed by atoms with Gasteiger partial charge in [-0.25, -0.2) is 5.43 Å². The van der Waals surface area contributed by atoms with Crippen LogP contribution in [0.1, 0.15) is 71.2 Å². The highest BCUT2D eigenvalue weighted by atomic mass is 16.5. The van der Waals surface area contributed by atoms with Crippen LogP contribution in [-0.2, 0) is 23.9 Å². The Bertz CT molecular complexity index is 1310. The van der Waals surface area contributed by atoms with Gasteiger partial charge in [0.25, 0.3) is 5.91 Å². The number of cyclic esters (lactones) is 1. The van der Waals surface area contributed by atoms with Gasteiger partial charge in [-0.2, -0.15) is 0 Å². The molecular formula is C30H39N5O5. The molecule has 5 bridgehead atoms. The van der Waals surface area contributed by atoms with Gasteiger partial charge in [0.15, 0.2) is 0 Å². The van der Waals surface area contributed by atoms with Crippen molar-refractivity contribution in [3.8, 4) is 0 Å². The van der Waals surface area contributed by atoms with Gasteiger partial charge in [0.2, 0.25) is 11.8 Å². The van der Waals surface area contributed by atoms with Crippen LogP contribution in [0.25, 0.3) is 16.8 Å². The number of benzene rings is 1. The highest BCUT2D eigenvalue weighted by Gasteiger charge is 2.34. The van der Waals surface area contributed by atoms with Gasteiger partial charge < -0.3 is 15.4 Å². The topological polar surface area (TPSA) is 130 Å². The fraction of sp³-hybridized carbons (Fsp3) is 0.500. The highest BCUT2D eigenvalue weighted by molar-refractivity contribution is 5.92. The lowest BCUT2D eigenvalue weighted by atomic mass is 10.00. The van der Waals surface area contributed by atoms with Crippen LogP contribution < -0.4 is 16.1 Å². The van der Waals surface area contributed by atoms with E-state index < -0.39 is 36.1 Å². The Hall–Kier alpha value is -3.79. The first-order valence-corrected chi connectivity index (χ1v) is 14.0. The zero-order valence-corrected chi connectivity index (χ0v) is 23.8. The second kappa shape index (κ2) is 12.6. The Balaban J connectivity index is 1.63. The molecule has 5 atom stereocenters. The van der Waals surface area contributed by atoms with Gasteiger partial charge in [0.05, 0.1) is 5.69 Å². The number of allylic oxidation sites excluding steroid dienone is 1. The molecule has 10 nitrogen and oxygen atoms in total. The lowest BCUT2D eigenvalue weighted by Gasteiger charge is -2.35. The predicted molar refractivity (Wildman–Crippen MR) is 151 cm³/mol. The summed E-state index contributed by atoms with van der Waals surface area (Å²) in [6.45, 7) is 9.30. The van der Waals surface area contributed by atoms with Crippen molar-refractivity contribution in [2.75, 3.05) is 6.54 Å². The van der Waals surface area contributed by atoms with Crippen molar-refractivity contribution in [3.63, 3.8) is 0 Å². The molecule has 2 aromatic rings. The van der Waals surface area contributed by atoms with E-state index in [-0.39, 0.29) is 23.7 Å². The molecule has 0 spiro atoms. The van der Waals surface area contributed by atoms with Gasteiger partial charge in [-0.05, 0) is 68.2 Å². The SMILES string of the molecule is CC1CC=Cc2cc3cc(ccc3cn2)C(C)OC(=O)C2CCCN(N2)C(=O)C(C)NC(=O)C(C(C)C)NC1=O. The first-order valence-electron chi connectivity index (χ1n) is 14.0. The summed E-state index contributed by atoms with van der Waals surface area (Å²) in [4.78, 5) is 56.8. The molecule has 3 N–H and O–H groups in total. The van der Waals surface area contributed by atoms with Crippen LogP contribution in [0.15, 0.2) is 36.5 Å². The summed E-state index contributed by atoms with van der Waals surface area (Å²) >= 11 is 0. The minimum absolute atomic E-state index is 0.194. The summed E-state index contributed by atoms with van der Waals surface area (Å²) in [6.07, 6.45) is 6.64. The monoisotopic (exact) mass is 549 g/mol. The van der Waals surface area contributed by atoms with Crippen molar-refractivity contribution in [2.45, 2.75) is 78.1 Å². The quantitative estimate of drug-likeness (QED) is 0.466. The van der Waals surface area contributed by atoms with Gasteiger partial charge in [-0.1, -0.05) is 39.0 Å². The van der Waals surface area contributed by atoms with E-state index in [4.69, 9.17) is 4.74 Å². The number of esters is 1. The number of nitrogens with zero attached hydrogens (tertiary/aromatic N) is 2. The number of hydrazine groups is 1. The smallest absolute Gasteiger partial charge is 0.325 e. The zero-order chi connectivity index (χ0) is 29.0. The molecule has 5 unspecified atom stereocenters. The number of fused-ring (bicyclic) bond motifs is 4. The van der Waals surface area contributed by atoms with Crippen molar-refractivity contribution >= 4 is 40.5 Å². The molecule has 2 aliphatic rings. The van der Waals surface area contributed by atoms with E-state index in [0.717, 1.165) is 22.0 Å². The summed E-state index contributed by atoms with van der Waals surface area (Å²) in [5, 5.41) is 8.87. The van der Waals surface area contributed by atoms with Crippen molar-refractivity contribution in [3.05, 3.63) is 47.8 Å². The second-order valence-electron chi connectivity index (χ2n) is 11.1. The third-order valence-electron chi connectivity index (χ3n) is 7.47. The molecule has 40 heavy (non-hydrogen) atoms. The van der Waals surface area contributed by atoms with E-state index in [1.165, 1.54) is 5.01 Å². The molecule has 1 aromatic heterocycles. The molecule has 4 rings (SSSR count). The molecule has 214 valence electrons. The summed E-state index contributed by atoms with van der Waals surface area (Å²) in [7, 11) is 0. The molecule has 0 radical (unpaired) electrons. The molecular weight excluding hydrogens is 510 g/mol. The van der Waals surface area contributed by atoms with E-state index in [9.17, 15) is 19.2 Å². The number of pyridine rings is 1. The number of rotatable bonds is 1. The van der Waals surface area contributed by atoms with Crippen molar-refractivity contribution in [2.24, 2.45) is 11.8 Å². The molecule has 1 aromatic carbocycles. The maximum atomic E-state index is 13.2. The van der Waals surface area contributed by atoms with Gasteiger partial charge in [0, 0.05) is 24.0 Å². The van der Waals surface area contributed by atoms with Gasteiger partial charge >= 0.3 is 5.97 Å². The predicted octanol–water partition coefficient (Wildman–Crippen LogP) is 3.03. The number of aromatic nitrogens is 1. The molecule has 10 heteroatoms. The van der Waals surface area contributed by atoms with Crippen molar-refractivity contribution in [1.29, 1.82) is 0 Å². The van der Waals surface area contributed by atoms with Crippen LogP contribution in [0.3, 0.4) is 0 Å². The van der Waals surface area contributed by atoms with Crippen LogP contribution in [-0.4, -0.2) is 58.4 Å². The van der Waals surface area contributed by atoms with Crippen LogP contribution >= 0.6 is 0 Å². The van der Waals surface area contributed by atoms with Gasteiger partial charge in [-0.15, -0.1) is 0 Å². The molecule has 2 aliphatic heterocycles. The number of carbonyl (C=O) groups is 4. The third-order valence-corrected chi connectivity index (χ3v) is 7.47. The van der Waals surface area contributed by atoms with E-state index >= 15 is 0 Å². The Morgan fingerprint density at radius 1 is 1.00 bits per heavy atom. The number of ether oxygens (including phenoxy) is 1. The third kappa shape index (κ3) is 6.85. The largest absolute Gasteiger partial charge is 0.457 e. The van der Waals surface area contributed by atoms with Crippen LogP contribution in [0.5, 0.6) is 0 Å². The van der Waals surface area contributed by atoms with Crippen LogP contribution in [0.2, 0.25) is 0 Å². The summed E-state index contributed by atoms with van der Waals surface area (Å²) in [5.41, 5.74) is 4.57. The summed E-state index contributed by atoms with van der Waals surface area (Å²) in [5.74, 6) is -2.07. The Kier molecular flexibility index (Phi) is 9.19. The van der Waals surface area contributed by atoms with E-state index in [0.29, 0.717) is 25.8 Å². The maximum Gasteiger partial charge on any atom is 0.325 e. The van der Waals surface area contributed by atoms with Crippen LogP contribution in [0, 0.1) is 11.8 Å². The van der Waals surface area contributed by atoms with E-state index in [2.05, 4.69) is 21.0 Å². The lowest BCUT2D eigenvalue weighted by molar-refractivity contribution is -0.157. The van der Waals surface area contributed by atoms with Gasteiger partial charge in [0.1, 0.15) is 24.2 Å². The second-order valence-corrected chi connectivity index (χ2v) is 11.1. The fourth-order valence-corrected chi connectivity index (χ4v) is 4.89. The Labute approximate surface area is 234 Å². The average Bonchev–Trinajstić information content (AvgIpc) is 2.94. The van der Waals surface area contributed by atoms with Crippen molar-refractivity contribution in [1.82, 2.24) is 26.1 Å². The number of amides is 3. The molecule has 1 saturated heterocycles. The number of hydrogen-bond donors (Lipinski definition) is 3. The van der Waals surface area contributed by atoms with E-state index in [1.54, 1.807) is 20.0 Å². The molecule has 0 aliphatic carbocycles. The van der Waals surface area contributed by atoms with Gasteiger partial charge in [-0.3, -0.25) is 29.2 Å². The highest BCUT2D eigenvalue weighted by Crippen LogP contribution is 2.24. The number of nitrogens with one attached hydrogen (secondary N) is 3. The zero-order valence-electron chi connectivity index (χ0n) is 23.8. The molecule has 3 amide bonds. The standard InChI is InChI=1S/C30H39N5O5/c1-17(2)26-28(37)32-19(4)29(38)35-13-7-10-25(34-35)30(39)40-20(5)21-11-12-22-16-31-24(15-23(22)14-21)9-6-8-18(3)27(36)33-26/h6,9,11-12,14-20,25-26,34H,7-8,10,13H2,1-5H3,(H,32,37)(H,33,36). The minimum Gasteiger partial charge on any atom is -0.457 e. The van der Waals surface area contributed by atoms with E-state index in [1.807, 2.05) is 57.2 Å². The fourth-order valence-electron chi connectivity index (χ4n) is 4.89. The molecule has 3 heterocycles. The number of carbonyl (C=O) groups excluding carboxylic acids is 4. The lowest BCUT2D eigenvalue weighted by Crippen LogP contribution is -2.61. The first-order chi connectivity index (χ1) is 19.0. The van der Waals surface area contributed by atoms with Crippen LogP contribution in [0.4, 0.5) is 0 Å². The maximum absolute atomic E-state index is 13.2. The summed E-state index contributed by atoms with van der Waals surface area (Å²) < 4.78 is 5.80. The molecule has 0 saturated carbocycles. The Morgan fingerprint density at radius 3 is 2.52 bits per heavy atom.